The second kappa shape index (κ2) is 5.74. The Bertz CT molecular complexity index is 183. The van der Waals surface area contributed by atoms with Crippen molar-refractivity contribution in [1.29, 1.82) is 0 Å². The first kappa shape index (κ1) is 12.8. The van der Waals surface area contributed by atoms with Crippen LogP contribution in [0.25, 0.3) is 0 Å². The second-order valence-electron chi connectivity index (χ2n) is 3.53. The smallest absolute Gasteiger partial charge is 0.114 e. The average Bonchev–Trinajstić information content (AvgIpc) is 2.24. The first-order valence-corrected chi connectivity index (χ1v) is 4.79. The minimum atomic E-state index is -1.08. The molecule has 15 heavy (non-hydrogen) atoms. The summed E-state index contributed by atoms with van der Waals surface area (Å²) in [6.45, 7) is -0.117. The Hall–Kier alpha value is -0.240. The zero-order valence-electron chi connectivity index (χ0n) is 8.87. The molecule has 1 rings (SSSR count). The molecule has 5 atom stereocenters. The van der Waals surface area contributed by atoms with Crippen LogP contribution in [0.3, 0.4) is 0 Å². The highest BCUT2D eigenvalue weighted by Gasteiger charge is 2.44. The van der Waals surface area contributed by atoms with Crippen molar-refractivity contribution in [3.8, 4) is 0 Å². The minimum Gasteiger partial charge on any atom is -0.394 e. The molecule has 0 aromatic carbocycles. The number of hydrogen-bond donors (Lipinski definition) is 3. The molecule has 6 heteroatoms. The molecular weight excluding hydrogens is 204 g/mol. The summed E-state index contributed by atoms with van der Waals surface area (Å²) < 4.78 is 15.2. The van der Waals surface area contributed by atoms with Gasteiger partial charge < -0.3 is 29.5 Å². The molecule has 90 valence electrons. The minimum absolute atomic E-state index is 0.158. The summed E-state index contributed by atoms with van der Waals surface area (Å²) in [5, 5.41) is 28.4. The van der Waals surface area contributed by atoms with E-state index in [1.54, 1.807) is 0 Å². The monoisotopic (exact) mass is 222 g/mol. The molecule has 6 nitrogen and oxygen atoms in total. The molecule has 0 aliphatic carbocycles. The van der Waals surface area contributed by atoms with Crippen LogP contribution in [0.4, 0.5) is 0 Å². The van der Waals surface area contributed by atoms with E-state index in [9.17, 15) is 10.2 Å². The summed E-state index contributed by atoms with van der Waals surface area (Å²) in [4.78, 5) is 0. The molecule has 1 fully saturated rings. The van der Waals surface area contributed by atoms with E-state index in [1.807, 2.05) is 0 Å². The fourth-order valence-electron chi connectivity index (χ4n) is 1.76. The van der Waals surface area contributed by atoms with Crippen LogP contribution in [0.15, 0.2) is 0 Å². The van der Waals surface area contributed by atoms with Gasteiger partial charge in [0.05, 0.1) is 13.2 Å². The lowest BCUT2D eigenvalue weighted by Gasteiger charge is -2.41. The van der Waals surface area contributed by atoms with Gasteiger partial charge in [-0.05, 0) is 0 Å². The molecule has 0 radical (unpaired) electrons. The van der Waals surface area contributed by atoms with Gasteiger partial charge in [-0.15, -0.1) is 0 Å². The van der Waals surface area contributed by atoms with Gasteiger partial charge in [-0.2, -0.15) is 0 Å². The van der Waals surface area contributed by atoms with E-state index in [1.165, 1.54) is 14.2 Å². The number of ether oxygens (including phenoxy) is 3. The number of hydrogen-bond acceptors (Lipinski definition) is 6. The predicted octanol–water partition coefficient (Wildman–Crippen LogP) is -1.87. The van der Waals surface area contributed by atoms with E-state index in [4.69, 9.17) is 19.3 Å². The first-order valence-electron chi connectivity index (χ1n) is 4.79. The SMILES string of the molecule is COCC1OC(CO)C(OC)C(O)C1O. The number of aliphatic hydroxyl groups excluding tert-OH is 3. The lowest BCUT2D eigenvalue weighted by molar-refractivity contribution is -0.243. The summed E-state index contributed by atoms with van der Waals surface area (Å²) in [7, 11) is 2.86. The molecule has 1 heterocycles. The standard InChI is InChI=1S/C9H18O6/c1-13-4-6-7(11)8(12)9(14-2)5(3-10)15-6/h5-12H,3-4H2,1-2H3. The Morgan fingerprint density at radius 1 is 1.13 bits per heavy atom. The van der Waals surface area contributed by atoms with Gasteiger partial charge in [0.25, 0.3) is 0 Å². The third kappa shape index (κ3) is 2.66. The Morgan fingerprint density at radius 3 is 2.27 bits per heavy atom. The van der Waals surface area contributed by atoms with Crippen molar-refractivity contribution in [2.45, 2.75) is 30.5 Å². The van der Waals surface area contributed by atoms with Crippen molar-refractivity contribution >= 4 is 0 Å². The summed E-state index contributed by atoms with van der Waals surface area (Å²) in [5.41, 5.74) is 0. The van der Waals surface area contributed by atoms with Gasteiger partial charge in [0.2, 0.25) is 0 Å². The van der Waals surface area contributed by atoms with Crippen LogP contribution >= 0.6 is 0 Å². The van der Waals surface area contributed by atoms with Crippen LogP contribution in [-0.2, 0) is 14.2 Å². The fourth-order valence-corrected chi connectivity index (χ4v) is 1.76. The molecular formula is C9H18O6. The lowest BCUT2D eigenvalue weighted by Crippen LogP contribution is -2.60. The number of methoxy groups -OCH3 is 2. The molecule has 0 bridgehead atoms. The fraction of sp³-hybridized carbons (Fsp3) is 1.00. The Morgan fingerprint density at radius 2 is 1.80 bits per heavy atom. The number of rotatable bonds is 4. The third-order valence-corrected chi connectivity index (χ3v) is 2.57. The molecule has 3 N–H and O–H groups in total. The van der Waals surface area contributed by atoms with E-state index in [0.717, 1.165) is 0 Å². The Kier molecular flexibility index (Phi) is 4.91. The largest absolute Gasteiger partial charge is 0.394 e. The van der Waals surface area contributed by atoms with Gasteiger partial charge in [0, 0.05) is 14.2 Å². The summed E-state index contributed by atoms with van der Waals surface area (Å²) >= 11 is 0. The predicted molar refractivity (Wildman–Crippen MR) is 50.4 cm³/mol. The highest BCUT2D eigenvalue weighted by molar-refractivity contribution is 4.92. The first-order chi connectivity index (χ1) is 7.15. The van der Waals surface area contributed by atoms with Crippen LogP contribution < -0.4 is 0 Å². The maximum atomic E-state index is 9.71. The van der Waals surface area contributed by atoms with Gasteiger partial charge in [0.15, 0.2) is 0 Å². The van der Waals surface area contributed by atoms with Gasteiger partial charge in [-0.3, -0.25) is 0 Å². The summed E-state index contributed by atoms with van der Waals surface area (Å²) in [5.74, 6) is 0. The summed E-state index contributed by atoms with van der Waals surface area (Å²) in [6, 6.07) is 0. The van der Waals surface area contributed by atoms with E-state index in [0.29, 0.717) is 0 Å². The molecule has 5 unspecified atom stereocenters. The zero-order chi connectivity index (χ0) is 11.4. The quantitative estimate of drug-likeness (QED) is 0.516. The van der Waals surface area contributed by atoms with Crippen molar-refractivity contribution in [2.24, 2.45) is 0 Å². The molecule has 1 aliphatic heterocycles. The normalized spacial score (nSPS) is 41.8. The van der Waals surface area contributed by atoms with E-state index in [2.05, 4.69) is 0 Å². The summed E-state index contributed by atoms with van der Waals surface area (Å²) in [6.07, 6.45) is -4.17. The topological polar surface area (TPSA) is 88.4 Å². The second-order valence-corrected chi connectivity index (χ2v) is 3.53. The maximum absolute atomic E-state index is 9.71. The van der Waals surface area contributed by atoms with Crippen LogP contribution in [0.1, 0.15) is 0 Å². The van der Waals surface area contributed by atoms with Crippen molar-refractivity contribution in [3.05, 3.63) is 0 Å². The lowest BCUT2D eigenvalue weighted by atomic mass is 9.95. The van der Waals surface area contributed by atoms with Crippen LogP contribution in [0, 0.1) is 0 Å². The van der Waals surface area contributed by atoms with E-state index >= 15 is 0 Å². The molecule has 0 aromatic heterocycles. The molecule has 0 saturated carbocycles. The molecule has 0 spiro atoms. The highest BCUT2D eigenvalue weighted by Crippen LogP contribution is 2.23. The van der Waals surface area contributed by atoms with Crippen LogP contribution in [0.5, 0.6) is 0 Å². The Labute approximate surface area is 88.4 Å². The maximum Gasteiger partial charge on any atom is 0.114 e. The number of aliphatic hydroxyl groups is 3. The molecule has 1 aliphatic rings. The van der Waals surface area contributed by atoms with Crippen molar-refractivity contribution in [1.82, 2.24) is 0 Å². The average molecular weight is 222 g/mol. The zero-order valence-corrected chi connectivity index (χ0v) is 8.87. The molecule has 1 saturated heterocycles. The highest BCUT2D eigenvalue weighted by atomic mass is 16.6. The van der Waals surface area contributed by atoms with Gasteiger partial charge in [-0.25, -0.2) is 0 Å². The van der Waals surface area contributed by atoms with Crippen molar-refractivity contribution in [2.75, 3.05) is 27.4 Å². The molecule has 0 amide bonds. The van der Waals surface area contributed by atoms with Crippen LogP contribution in [0.2, 0.25) is 0 Å². The Balaban J connectivity index is 2.68. The third-order valence-electron chi connectivity index (χ3n) is 2.57. The van der Waals surface area contributed by atoms with E-state index < -0.39 is 30.5 Å². The van der Waals surface area contributed by atoms with Gasteiger partial charge >= 0.3 is 0 Å². The van der Waals surface area contributed by atoms with Crippen LogP contribution in [-0.4, -0.2) is 73.3 Å². The molecule has 0 aromatic rings. The van der Waals surface area contributed by atoms with E-state index in [-0.39, 0.29) is 13.2 Å². The van der Waals surface area contributed by atoms with Crippen molar-refractivity contribution < 1.29 is 29.5 Å². The van der Waals surface area contributed by atoms with Crippen molar-refractivity contribution in [3.63, 3.8) is 0 Å². The van der Waals surface area contributed by atoms with Gasteiger partial charge in [0.1, 0.15) is 30.5 Å². The van der Waals surface area contributed by atoms with Gasteiger partial charge in [-0.1, -0.05) is 0 Å².